The Morgan fingerprint density at radius 2 is 1.69 bits per heavy atom. The molecular formula is C24H30Cl3N3O4S. The highest BCUT2D eigenvalue weighted by Crippen LogP contribution is 2.31. The number of rotatable bonds is 11. The minimum absolute atomic E-state index is 0.0259. The third kappa shape index (κ3) is 8.27. The summed E-state index contributed by atoms with van der Waals surface area (Å²) < 4.78 is 26.2. The zero-order valence-corrected chi connectivity index (χ0v) is 23.2. The number of amides is 2. The van der Waals surface area contributed by atoms with E-state index in [0.717, 1.165) is 10.6 Å². The molecule has 0 aromatic heterocycles. The smallest absolute Gasteiger partial charge is 0.244 e. The number of nitrogens with zero attached hydrogens (tertiary/aromatic N) is 2. The van der Waals surface area contributed by atoms with Crippen LogP contribution in [0.15, 0.2) is 42.5 Å². The monoisotopic (exact) mass is 561 g/mol. The van der Waals surface area contributed by atoms with Crippen LogP contribution in [0.3, 0.4) is 0 Å². The Hall–Kier alpha value is -2.00. The number of halogens is 3. The molecule has 0 bridgehead atoms. The largest absolute Gasteiger partial charge is 0.354 e. The van der Waals surface area contributed by atoms with Gasteiger partial charge in [-0.2, -0.15) is 0 Å². The Kier molecular flexibility index (Phi) is 10.7. The van der Waals surface area contributed by atoms with Crippen molar-refractivity contribution in [2.75, 3.05) is 23.7 Å². The Morgan fingerprint density at radius 3 is 2.23 bits per heavy atom. The molecule has 1 N–H and O–H groups in total. The lowest BCUT2D eigenvalue weighted by molar-refractivity contribution is -0.140. The van der Waals surface area contributed by atoms with E-state index in [9.17, 15) is 18.0 Å². The van der Waals surface area contributed by atoms with Crippen LogP contribution in [-0.2, 0) is 26.2 Å². The maximum atomic E-state index is 13.6. The maximum absolute atomic E-state index is 13.6. The third-order valence-corrected chi connectivity index (χ3v) is 7.26. The second kappa shape index (κ2) is 12.8. The molecule has 0 heterocycles. The van der Waals surface area contributed by atoms with Gasteiger partial charge in [0.25, 0.3) is 0 Å². The van der Waals surface area contributed by atoms with Gasteiger partial charge in [0.15, 0.2) is 0 Å². The first-order valence-corrected chi connectivity index (χ1v) is 14.1. The van der Waals surface area contributed by atoms with E-state index < -0.39 is 28.5 Å². The molecule has 0 radical (unpaired) electrons. The number of carbonyl (C=O) groups excluding carboxylic acids is 2. The van der Waals surface area contributed by atoms with Crippen molar-refractivity contribution in [1.82, 2.24) is 10.2 Å². The van der Waals surface area contributed by atoms with Crippen molar-refractivity contribution in [1.29, 1.82) is 0 Å². The van der Waals surface area contributed by atoms with E-state index >= 15 is 0 Å². The highest BCUT2D eigenvalue weighted by atomic mass is 35.5. The fourth-order valence-corrected chi connectivity index (χ4v) is 5.05. The number of nitrogens with one attached hydrogen (secondary N) is 1. The predicted molar refractivity (Wildman–Crippen MR) is 143 cm³/mol. The summed E-state index contributed by atoms with van der Waals surface area (Å²) in [6.07, 6.45) is 1.30. The van der Waals surface area contributed by atoms with Gasteiger partial charge in [0.2, 0.25) is 21.8 Å². The van der Waals surface area contributed by atoms with Crippen molar-refractivity contribution >= 4 is 62.3 Å². The van der Waals surface area contributed by atoms with Gasteiger partial charge in [-0.25, -0.2) is 8.42 Å². The number of benzene rings is 2. The lowest BCUT2D eigenvalue weighted by Gasteiger charge is -2.33. The molecule has 2 amide bonds. The summed E-state index contributed by atoms with van der Waals surface area (Å²) in [5.41, 5.74) is 0.745. The molecule has 0 aliphatic carbocycles. The van der Waals surface area contributed by atoms with E-state index in [0.29, 0.717) is 28.6 Å². The molecule has 0 unspecified atom stereocenters. The highest BCUT2D eigenvalue weighted by molar-refractivity contribution is 7.92. The first-order chi connectivity index (χ1) is 16.3. The molecule has 0 saturated carbocycles. The minimum atomic E-state index is -3.91. The van der Waals surface area contributed by atoms with Gasteiger partial charge in [0.05, 0.1) is 17.0 Å². The highest BCUT2D eigenvalue weighted by Gasteiger charge is 2.32. The van der Waals surface area contributed by atoms with Crippen molar-refractivity contribution in [3.8, 4) is 0 Å². The Balaban J connectivity index is 2.47. The third-order valence-electron chi connectivity index (χ3n) is 5.23. The van der Waals surface area contributed by atoms with Gasteiger partial charge in [-0.3, -0.25) is 13.9 Å². The lowest BCUT2D eigenvalue weighted by Crippen LogP contribution is -2.52. The number of hydrogen-bond acceptors (Lipinski definition) is 4. The first-order valence-electron chi connectivity index (χ1n) is 11.1. The lowest BCUT2D eigenvalue weighted by atomic mass is 10.1. The van der Waals surface area contributed by atoms with E-state index in [4.69, 9.17) is 34.8 Å². The van der Waals surface area contributed by atoms with Crippen LogP contribution in [0.5, 0.6) is 0 Å². The van der Waals surface area contributed by atoms with Gasteiger partial charge >= 0.3 is 0 Å². The molecule has 11 heteroatoms. The van der Waals surface area contributed by atoms with Gasteiger partial charge in [-0.15, -0.1) is 0 Å². The van der Waals surface area contributed by atoms with Crippen molar-refractivity contribution in [2.24, 2.45) is 5.92 Å². The predicted octanol–water partition coefficient (Wildman–Crippen LogP) is 4.99. The quantitative estimate of drug-likeness (QED) is 0.418. The molecule has 2 aromatic rings. The normalized spacial score (nSPS) is 12.3. The second-order valence-electron chi connectivity index (χ2n) is 8.54. The molecule has 35 heavy (non-hydrogen) atoms. The van der Waals surface area contributed by atoms with E-state index in [-0.39, 0.29) is 29.1 Å². The van der Waals surface area contributed by atoms with Crippen molar-refractivity contribution in [3.05, 3.63) is 63.1 Å². The van der Waals surface area contributed by atoms with Crippen molar-refractivity contribution in [3.63, 3.8) is 0 Å². The summed E-state index contributed by atoms with van der Waals surface area (Å²) >= 11 is 18.6. The van der Waals surface area contributed by atoms with Crippen LogP contribution in [0.4, 0.5) is 5.69 Å². The number of anilines is 1. The molecule has 0 fully saturated rings. The zero-order chi connectivity index (χ0) is 26.3. The van der Waals surface area contributed by atoms with Crippen LogP contribution in [0, 0.1) is 5.92 Å². The van der Waals surface area contributed by atoms with Gasteiger partial charge in [0.1, 0.15) is 12.6 Å². The molecule has 7 nitrogen and oxygen atoms in total. The van der Waals surface area contributed by atoms with Crippen molar-refractivity contribution < 1.29 is 18.0 Å². The standard InChI is InChI=1S/C24H30Cl3N3O4S/c1-5-21(24(32)28-13-16(2)3)29(14-17-8-6-7-9-19(17)26)23(31)15-30(35(4,33)34)22-11-10-18(25)12-20(22)27/h6-12,16,21H,5,13-15H2,1-4H3,(H,28,32)/t21-/m1/s1. The fraction of sp³-hybridized carbons (Fsp3) is 0.417. The summed E-state index contributed by atoms with van der Waals surface area (Å²) in [5.74, 6) is -0.679. The Labute approximate surface area is 222 Å². The van der Waals surface area contributed by atoms with E-state index in [2.05, 4.69) is 5.32 Å². The summed E-state index contributed by atoms with van der Waals surface area (Å²) in [4.78, 5) is 28.0. The minimum Gasteiger partial charge on any atom is -0.354 e. The number of sulfonamides is 1. The van der Waals surface area contributed by atoms with Crippen LogP contribution in [0.1, 0.15) is 32.8 Å². The maximum Gasteiger partial charge on any atom is 0.244 e. The van der Waals surface area contributed by atoms with Crippen LogP contribution in [-0.4, -0.2) is 50.5 Å². The second-order valence-corrected chi connectivity index (χ2v) is 11.7. The van der Waals surface area contributed by atoms with Crippen LogP contribution < -0.4 is 9.62 Å². The molecule has 0 aliphatic rings. The molecular weight excluding hydrogens is 533 g/mol. The molecule has 0 spiro atoms. The Morgan fingerprint density at radius 1 is 1.03 bits per heavy atom. The van der Waals surface area contributed by atoms with Gasteiger partial charge in [-0.1, -0.05) is 73.8 Å². The van der Waals surface area contributed by atoms with Crippen LogP contribution >= 0.6 is 34.8 Å². The Bertz CT molecular complexity index is 1160. The average Bonchev–Trinajstić information content (AvgIpc) is 2.76. The average molecular weight is 563 g/mol. The molecule has 2 rings (SSSR count). The molecule has 1 atom stereocenters. The molecule has 0 saturated heterocycles. The van der Waals surface area contributed by atoms with Gasteiger partial charge in [0, 0.05) is 23.1 Å². The molecule has 0 aliphatic heterocycles. The summed E-state index contributed by atoms with van der Waals surface area (Å²) in [5, 5.41) is 3.70. The molecule has 2 aromatic carbocycles. The van der Waals surface area contributed by atoms with E-state index in [1.54, 1.807) is 31.2 Å². The molecule has 192 valence electrons. The van der Waals surface area contributed by atoms with Gasteiger partial charge < -0.3 is 10.2 Å². The summed E-state index contributed by atoms with van der Waals surface area (Å²) in [6.45, 7) is 5.63. The topological polar surface area (TPSA) is 86.8 Å². The van der Waals surface area contributed by atoms with Gasteiger partial charge in [-0.05, 0) is 42.2 Å². The summed E-state index contributed by atoms with van der Waals surface area (Å²) in [6, 6.07) is 10.5. The summed E-state index contributed by atoms with van der Waals surface area (Å²) in [7, 11) is -3.91. The zero-order valence-electron chi connectivity index (χ0n) is 20.1. The van der Waals surface area contributed by atoms with Crippen molar-refractivity contribution in [2.45, 2.75) is 39.8 Å². The fourth-order valence-electron chi connectivity index (χ4n) is 3.43. The van der Waals surface area contributed by atoms with E-state index in [1.165, 1.54) is 23.1 Å². The SMILES string of the molecule is CC[C@H](C(=O)NCC(C)C)N(Cc1ccccc1Cl)C(=O)CN(c1ccc(Cl)cc1Cl)S(C)(=O)=O. The first kappa shape index (κ1) is 29.2. The van der Waals surface area contributed by atoms with Crippen LogP contribution in [0.25, 0.3) is 0 Å². The number of carbonyl (C=O) groups is 2. The van der Waals surface area contributed by atoms with Crippen LogP contribution in [0.2, 0.25) is 15.1 Å². The van der Waals surface area contributed by atoms with E-state index in [1.807, 2.05) is 13.8 Å². The number of hydrogen-bond donors (Lipinski definition) is 1.